The van der Waals surface area contributed by atoms with Gasteiger partial charge in [0.25, 0.3) is 0 Å². The molecule has 13 heavy (non-hydrogen) atoms. The molecule has 0 aromatic rings. The summed E-state index contributed by atoms with van der Waals surface area (Å²) in [6.45, 7) is 6.96. The smallest absolute Gasteiger partial charge is 0.0158 e. The zero-order chi connectivity index (χ0) is 9.68. The van der Waals surface area contributed by atoms with Gasteiger partial charge in [0.15, 0.2) is 0 Å². The van der Waals surface area contributed by atoms with Crippen LogP contribution in [0.5, 0.6) is 0 Å². The van der Waals surface area contributed by atoms with Gasteiger partial charge in [-0.2, -0.15) is 11.8 Å². The highest BCUT2D eigenvalue weighted by molar-refractivity contribution is 7.99. The summed E-state index contributed by atoms with van der Waals surface area (Å²) in [7, 11) is 0. The summed E-state index contributed by atoms with van der Waals surface area (Å²) in [6, 6.07) is 1.19. The summed E-state index contributed by atoms with van der Waals surface area (Å²) < 4.78 is 0. The van der Waals surface area contributed by atoms with Crippen molar-refractivity contribution in [3.05, 3.63) is 0 Å². The number of nitrogens with two attached hydrogens (primary N) is 1. The summed E-state index contributed by atoms with van der Waals surface area (Å²) in [5, 5.41) is 0. The topological polar surface area (TPSA) is 29.3 Å². The molecule has 2 nitrogen and oxygen atoms in total. The van der Waals surface area contributed by atoms with E-state index in [4.69, 9.17) is 5.73 Å². The molecule has 1 fully saturated rings. The van der Waals surface area contributed by atoms with E-state index in [-0.39, 0.29) is 0 Å². The van der Waals surface area contributed by atoms with Gasteiger partial charge in [0.2, 0.25) is 0 Å². The van der Waals surface area contributed by atoms with Gasteiger partial charge < -0.3 is 5.73 Å². The Labute approximate surface area is 86.2 Å². The minimum atomic E-state index is 0.460. The molecule has 0 bridgehead atoms. The van der Waals surface area contributed by atoms with E-state index in [9.17, 15) is 0 Å². The average molecular weight is 202 g/mol. The fourth-order valence-electron chi connectivity index (χ4n) is 1.75. The van der Waals surface area contributed by atoms with Crippen LogP contribution in [0.2, 0.25) is 0 Å². The van der Waals surface area contributed by atoms with E-state index in [0.29, 0.717) is 6.04 Å². The van der Waals surface area contributed by atoms with Crippen LogP contribution in [0.15, 0.2) is 0 Å². The van der Waals surface area contributed by atoms with Crippen molar-refractivity contribution >= 4 is 11.8 Å². The van der Waals surface area contributed by atoms with Crippen LogP contribution in [0.3, 0.4) is 0 Å². The van der Waals surface area contributed by atoms with Crippen molar-refractivity contribution < 1.29 is 0 Å². The summed E-state index contributed by atoms with van der Waals surface area (Å²) in [6.07, 6.45) is 2.36. The van der Waals surface area contributed by atoms with Crippen molar-refractivity contribution in [2.45, 2.75) is 38.8 Å². The van der Waals surface area contributed by atoms with Crippen LogP contribution in [-0.2, 0) is 0 Å². The highest BCUT2D eigenvalue weighted by Crippen LogP contribution is 2.14. The van der Waals surface area contributed by atoms with Gasteiger partial charge in [0, 0.05) is 17.8 Å². The predicted octanol–water partition coefficient (Wildman–Crippen LogP) is 1.55. The monoisotopic (exact) mass is 202 g/mol. The molecule has 1 unspecified atom stereocenters. The highest BCUT2D eigenvalue weighted by atomic mass is 32.2. The predicted molar refractivity (Wildman–Crippen MR) is 61.2 cm³/mol. The molecule has 1 aliphatic heterocycles. The third kappa shape index (κ3) is 3.88. The Morgan fingerprint density at radius 3 is 2.62 bits per heavy atom. The lowest BCUT2D eigenvalue weighted by atomic mass is 10.1. The fraction of sp³-hybridized carbons (Fsp3) is 1.00. The molecule has 0 aliphatic carbocycles. The lowest BCUT2D eigenvalue weighted by molar-refractivity contribution is 0.175. The van der Waals surface area contributed by atoms with E-state index in [2.05, 4.69) is 18.7 Å². The molecule has 1 atom stereocenters. The van der Waals surface area contributed by atoms with Crippen molar-refractivity contribution in [2.75, 3.05) is 24.6 Å². The van der Waals surface area contributed by atoms with E-state index < -0.39 is 0 Å². The van der Waals surface area contributed by atoms with Crippen molar-refractivity contribution in [3.63, 3.8) is 0 Å². The molecule has 1 rings (SSSR count). The van der Waals surface area contributed by atoms with Crippen molar-refractivity contribution in [1.82, 2.24) is 4.90 Å². The molecule has 3 heteroatoms. The summed E-state index contributed by atoms with van der Waals surface area (Å²) in [5.74, 6) is 2.50. The van der Waals surface area contributed by atoms with Crippen LogP contribution in [0.25, 0.3) is 0 Å². The molecule has 0 radical (unpaired) electrons. The number of hydrogen-bond donors (Lipinski definition) is 1. The first kappa shape index (κ1) is 11.3. The molecule has 0 amide bonds. The Kier molecular flexibility index (Phi) is 5.14. The summed E-state index contributed by atoms with van der Waals surface area (Å²) >= 11 is 2.04. The van der Waals surface area contributed by atoms with Gasteiger partial charge in [-0.25, -0.2) is 0 Å². The number of nitrogens with zero attached hydrogens (tertiary/aromatic N) is 1. The molecule has 0 aromatic heterocycles. The van der Waals surface area contributed by atoms with Crippen LogP contribution in [0.1, 0.15) is 26.7 Å². The average Bonchev–Trinajstić information content (AvgIpc) is 2.15. The van der Waals surface area contributed by atoms with Crippen LogP contribution < -0.4 is 5.73 Å². The largest absolute Gasteiger partial charge is 0.328 e. The van der Waals surface area contributed by atoms with Crippen LogP contribution >= 0.6 is 11.8 Å². The number of likely N-dealkylation sites (tertiary alicyclic amines) is 1. The van der Waals surface area contributed by atoms with Gasteiger partial charge >= 0.3 is 0 Å². The lowest BCUT2D eigenvalue weighted by Gasteiger charge is -2.34. The second kappa shape index (κ2) is 5.89. The quantitative estimate of drug-likeness (QED) is 0.750. The summed E-state index contributed by atoms with van der Waals surface area (Å²) in [5.41, 5.74) is 5.87. The van der Waals surface area contributed by atoms with Gasteiger partial charge in [0.05, 0.1) is 0 Å². The van der Waals surface area contributed by atoms with Crippen molar-refractivity contribution in [1.29, 1.82) is 0 Å². The van der Waals surface area contributed by atoms with Crippen LogP contribution in [0, 0.1) is 0 Å². The molecule has 0 spiro atoms. The number of hydrogen-bond acceptors (Lipinski definition) is 3. The van der Waals surface area contributed by atoms with Crippen molar-refractivity contribution in [2.24, 2.45) is 5.73 Å². The van der Waals surface area contributed by atoms with Crippen LogP contribution in [0.4, 0.5) is 0 Å². The van der Waals surface area contributed by atoms with E-state index in [1.165, 1.54) is 37.4 Å². The second-order valence-corrected chi connectivity index (χ2v) is 5.20. The minimum Gasteiger partial charge on any atom is -0.328 e. The van der Waals surface area contributed by atoms with Gasteiger partial charge in [0.1, 0.15) is 0 Å². The van der Waals surface area contributed by atoms with E-state index in [0.717, 1.165) is 6.04 Å². The van der Waals surface area contributed by atoms with E-state index in [1.807, 2.05) is 11.8 Å². The summed E-state index contributed by atoms with van der Waals surface area (Å²) in [4.78, 5) is 2.58. The molecule has 78 valence electrons. The van der Waals surface area contributed by atoms with E-state index >= 15 is 0 Å². The molecular formula is C10H22N2S. The Balaban J connectivity index is 2.19. The Hall–Kier alpha value is 0.270. The standard InChI is InChI=1S/C10H22N2S/c1-3-13-8-9(2)12-6-4-10(11)5-7-12/h9-10H,3-8,11H2,1-2H3. The lowest BCUT2D eigenvalue weighted by Crippen LogP contribution is -2.44. The number of thioether (sulfide) groups is 1. The first-order valence-electron chi connectivity index (χ1n) is 5.31. The zero-order valence-corrected chi connectivity index (χ0v) is 9.65. The normalized spacial score (nSPS) is 23.3. The molecule has 1 aliphatic rings. The van der Waals surface area contributed by atoms with E-state index in [1.54, 1.807) is 0 Å². The zero-order valence-electron chi connectivity index (χ0n) is 8.83. The first-order chi connectivity index (χ1) is 6.24. The van der Waals surface area contributed by atoms with Gasteiger partial charge in [-0.1, -0.05) is 6.92 Å². The molecular weight excluding hydrogens is 180 g/mol. The Morgan fingerprint density at radius 2 is 2.08 bits per heavy atom. The molecule has 0 aromatic carbocycles. The Morgan fingerprint density at radius 1 is 1.46 bits per heavy atom. The number of piperidine rings is 1. The van der Waals surface area contributed by atoms with Gasteiger partial charge in [-0.05, 0) is 38.6 Å². The minimum absolute atomic E-state index is 0.460. The third-order valence-electron chi connectivity index (χ3n) is 2.76. The highest BCUT2D eigenvalue weighted by Gasteiger charge is 2.19. The maximum absolute atomic E-state index is 5.87. The maximum atomic E-state index is 5.87. The Bertz CT molecular complexity index is 133. The first-order valence-corrected chi connectivity index (χ1v) is 6.47. The second-order valence-electron chi connectivity index (χ2n) is 3.88. The molecule has 0 saturated carbocycles. The fourth-order valence-corrected chi connectivity index (χ4v) is 2.54. The number of rotatable bonds is 4. The third-order valence-corrected chi connectivity index (χ3v) is 3.89. The maximum Gasteiger partial charge on any atom is 0.0158 e. The molecule has 1 saturated heterocycles. The van der Waals surface area contributed by atoms with Gasteiger partial charge in [-0.15, -0.1) is 0 Å². The molecule has 2 N–H and O–H groups in total. The van der Waals surface area contributed by atoms with Crippen molar-refractivity contribution in [3.8, 4) is 0 Å². The van der Waals surface area contributed by atoms with Crippen LogP contribution in [-0.4, -0.2) is 41.6 Å². The SMILES string of the molecule is CCSCC(C)N1CCC(N)CC1. The van der Waals surface area contributed by atoms with Gasteiger partial charge in [-0.3, -0.25) is 4.90 Å². The molecule has 1 heterocycles.